The second kappa shape index (κ2) is 6.06. The zero-order valence-corrected chi connectivity index (χ0v) is 11.9. The lowest BCUT2D eigenvalue weighted by molar-refractivity contribution is 0.543. The third-order valence-corrected chi connectivity index (χ3v) is 3.34. The summed E-state index contributed by atoms with van der Waals surface area (Å²) in [6.45, 7) is 3.83. The highest BCUT2D eigenvalue weighted by Crippen LogP contribution is 2.19. The number of rotatable bonds is 5. The standard InChI is InChI=1S/C17H17FN2O/c1-2-19-11-13-5-8-15-16(9-13)21-17(20-15)10-12-3-6-14(18)7-4-12/h3-9,19H,2,10-11H2,1H3. The summed E-state index contributed by atoms with van der Waals surface area (Å²) >= 11 is 0. The number of halogens is 1. The molecule has 4 heteroatoms. The highest BCUT2D eigenvalue weighted by Gasteiger charge is 2.07. The third-order valence-electron chi connectivity index (χ3n) is 3.34. The van der Waals surface area contributed by atoms with Crippen LogP contribution < -0.4 is 5.32 Å². The van der Waals surface area contributed by atoms with Gasteiger partial charge in [0.15, 0.2) is 11.5 Å². The number of hydrogen-bond donors (Lipinski definition) is 1. The molecule has 0 fully saturated rings. The van der Waals surface area contributed by atoms with Gasteiger partial charge in [0.1, 0.15) is 11.3 Å². The van der Waals surface area contributed by atoms with Crippen molar-refractivity contribution < 1.29 is 8.81 Å². The van der Waals surface area contributed by atoms with Gasteiger partial charge in [0.25, 0.3) is 0 Å². The van der Waals surface area contributed by atoms with Crippen LogP contribution in [0.1, 0.15) is 23.9 Å². The monoisotopic (exact) mass is 284 g/mol. The highest BCUT2D eigenvalue weighted by atomic mass is 19.1. The first-order chi connectivity index (χ1) is 10.2. The van der Waals surface area contributed by atoms with E-state index in [0.717, 1.165) is 29.8 Å². The van der Waals surface area contributed by atoms with Crippen LogP contribution in [0.25, 0.3) is 11.1 Å². The third kappa shape index (κ3) is 3.28. The summed E-state index contributed by atoms with van der Waals surface area (Å²) in [4.78, 5) is 4.47. The van der Waals surface area contributed by atoms with Crippen molar-refractivity contribution >= 4 is 11.1 Å². The Hall–Kier alpha value is -2.20. The van der Waals surface area contributed by atoms with E-state index < -0.39 is 0 Å². The molecule has 0 aliphatic carbocycles. The van der Waals surface area contributed by atoms with Gasteiger partial charge in [-0.1, -0.05) is 25.1 Å². The van der Waals surface area contributed by atoms with Crippen molar-refractivity contribution in [3.05, 3.63) is 65.3 Å². The highest BCUT2D eigenvalue weighted by molar-refractivity contribution is 5.73. The van der Waals surface area contributed by atoms with E-state index in [1.807, 2.05) is 12.1 Å². The molecule has 2 aromatic carbocycles. The van der Waals surface area contributed by atoms with E-state index in [4.69, 9.17) is 4.42 Å². The number of nitrogens with one attached hydrogen (secondary N) is 1. The minimum absolute atomic E-state index is 0.232. The fourth-order valence-corrected chi connectivity index (χ4v) is 2.25. The van der Waals surface area contributed by atoms with Crippen molar-refractivity contribution in [3.8, 4) is 0 Å². The van der Waals surface area contributed by atoms with E-state index in [1.54, 1.807) is 12.1 Å². The molecule has 0 aliphatic heterocycles. The molecule has 0 aliphatic rings. The smallest absolute Gasteiger partial charge is 0.199 e. The maximum atomic E-state index is 12.9. The maximum Gasteiger partial charge on any atom is 0.199 e. The summed E-state index contributed by atoms with van der Waals surface area (Å²) in [5.74, 6) is 0.418. The summed E-state index contributed by atoms with van der Waals surface area (Å²) in [5.41, 5.74) is 3.81. The lowest BCUT2D eigenvalue weighted by atomic mass is 10.1. The van der Waals surface area contributed by atoms with Crippen LogP contribution in [0.5, 0.6) is 0 Å². The molecule has 0 bridgehead atoms. The second-order valence-electron chi connectivity index (χ2n) is 4.99. The molecule has 3 nitrogen and oxygen atoms in total. The van der Waals surface area contributed by atoms with Gasteiger partial charge in [-0.3, -0.25) is 0 Å². The van der Waals surface area contributed by atoms with Crippen molar-refractivity contribution in [1.82, 2.24) is 10.3 Å². The fourth-order valence-electron chi connectivity index (χ4n) is 2.25. The molecule has 0 unspecified atom stereocenters. The molecule has 0 spiro atoms. The van der Waals surface area contributed by atoms with Crippen LogP contribution in [0.4, 0.5) is 4.39 Å². The van der Waals surface area contributed by atoms with E-state index in [9.17, 15) is 4.39 Å². The van der Waals surface area contributed by atoms with Crippen molar-refractivity contribution in [3.63, 3.8) is 0 Å². The molecule has 108 valence electrons. The molecule has 21 heavy (non-hydrogen) atoms. The van der Waals surface area contributed by atoms with Crippen LogP contribution in [-0.4, -0.2) is 11.5 Å². The van der Waals surface area contributed by atoms with Gasteiger partial charge in [0.05, 0.1) is 0 Å². The zero-order valence-electron chi connectivity index (χ0n) is 11.9. The van der Waals surface area contributed by atoms with E-state index in [1.165, 1.54) is 17.7 Å². The molecule has 0 amide bonds. The van der Waals surface area contributed by atoms with Crippen LogP contribution >= 0.6 is 0 Å². The number of fused-ring (bicyclic) bond motifs is 1. The molecule has 1 N–H and O–H groups in total. The molecule has 3 aromatic rings. The van der Waals surface area contributed by atoms with Crippen molar-refractivity contribution in [1.29, 1.82) is 0 Å². The Bertz CT molecular complexity index is 734. The zero-order chi connectivity index (χ0) is 14.7. The molecule has 0 atom stereocenters. The maximum absolute atomic E-state index is 12.9. The van der Waals surface area contributed by atoms with Crippen LogP contribution in [0.3, 0.4) is 0 Å². The van der Waals surface area contributed by atoms with Crippen molar-refractivity contribution in [2.75, 3.05) is 6.54 Å². The van der Waals surface area contributed by atoms with Crippen LogP contribution in [0.15, 0.2) is 46.9 Å². The quantitative estimate of drug-likeness (QED) is 0.777. The first-order valence-electron chi connectivity index (χ1n) is 7.08. The van der Waals surface area contributed by atoms with E-state index in [-0.39, 0.29) is 5.82 Å². The summed E-state index contributed by atoms with van der Waals surface area (Å²) in [6.07, 6.45) is 0.567. The Labute approximate surface area is 122 Å². The minimum atomic E-state index is -0.232. The summed E-state index contributed by atoms with van der Waals surface area (Å²) in [5, 5.41) is 3.28. The molecule has 1 heterocycles. The minimum Gasteiger partial charge on any atom is -0.440 e. The average molecular weight is 284 g/mol. The predicted molar refractivity (Wildman–Crippen MR) is 80.6 cm³/mol. The lowest BCUT2D eigenvalue weighted by Crippen LogP contribution is -2.11. The van der Waals surface area contributed by atoms with E-state index in [0.29, 0.717) is 12.3 Å². The van der Waals surface area contributed by atoms with Gasteiger partial charge in [-0.05, 0) is 41.9 Å². The molecule has 0 radical (unpaired) electrons. The van der Waals surface area contributed by atoms with Crippen LogP contribution in [-0.2, 0) is 13.0 Å². The van der Waals surface area contributed by atoms with Crippen molar-refractivity contribution in [2.45, 2.75) is 19.9 Å². The van der Waals surface area contributed by atoms with Crippen LogP contribution in [0.2, 0.25) is 0 Å². The number of aromatic nitrogens is 1. The Morgan fingerprint density at radius 3 is 2.62 bits per heavy atom. The first kappa shape index (κ1) is 13.8. The topological polar surface area (TPSA) is 38.1 Å². The molecule has 3 rings (SSSR count). The predicted octanol–water partition coefficient (Wildman–Crippen LogP) is 3.67. The first-order valence-corrected chi connectivity index (χ1v) is 7.08. The SMILES string of the molecule is CCNCc1ccc2nc(Cc3ccc(F)cc3)oc2c1. The Morgan fingerprint density at radius 1 is 1.10 bits per heavy atom. The Morgan fingerprint density at radius 2 is 1.86 bits per heavy atom. The van der Waals surface area contributed by atoms with Gasteiger partial charge < -0.3 is 9.73 Å². The Kier molecular flexibility index (Phi) is 3.97. The normalized spacial score (nSPS) is 11.1. The van der Waals surface area contributed by atoms with E-state index >= 15 is 0 Å². The fraction of sp³-hybridized carbons (Fsp3) is 0.235. The molecule has 1 aromatic heterocycles. The summed E-state index contributed by atoms with van der Waals surface area (Å²) in [7, 11) is 0. The largest absolute Gasteiger partial charge is 0.440 e. The van der Waals surface area contributed by atoms with E-state index in [2.05, 4.69) is 23.3 Å². The second-order valence-corrected chi connectivity index (χ2v) is 4.99. The lowest BCUT2D eigenvalue weighted by Gasteiger charge is -2.00. The summed E-state index contributed by atoms with van der Waals surface area (Å²) < 4.78 is 18.7. The molecular weight excluding hydrogens is 267 g/mol. The van der Waals surface area contributed by atoms with Gasteiger partial charge in [-0.25, -0.2) is 9.37 Å². The van der Waals surface area contributed by atoms with Gasteiger partial charge in [0, 0.05) is 13.0 Å². The average Bonchev–Trinajstić information content (AvgIpc) is 2.89. The Balaban J connectivity index is 1.81. The molecule has 0 saturated heterocycles. The number of hydrogen-bond acceptors (Lipinski definition) is 3. The van der Waals surface area contributed by atoms with Gasteiger partial charge in [-0.15, -0.1) is 0 Å². The van der Waals surface area contributed by atoms with Gasteiger partial charge >= 0.3 is 0 Å². The van der Waals surface area contributed by atoms with Gasteiger partial charge in [-0.2, -0.15) is 0 Å². The summed E-state index contributed by atoms with van der Waals surface area (Å²) in [6, 6.07) is 12.4. The number of benzene rings is 2. The van der Waals surface area contributed by atoms with Crippen molar-refractivity contribution in [2.24, 2.45) is 0 Å². The van der Waals surface area contributed by atoms with Crippen LogP contribution in [0, 0.1) is 5.82 Å². The van der Waals surface area contributed by atoms with Gasteiger partial charge in [0.2, 0.25) is 0 Å². The number of nitrogens with zero attached hydrogens (tertiary/aromatic N) is 1. The molecular formula is C17H17FN2O. The number of oxazole rings is 1. The molecule has 0 saturated carbocycles.